The largest absolute Gasteiger partial charge is 0.497 e. The average molecular weight is 470 g/mol. The molecule has 0 saturated carbocycles. The zero-order valence-electron chi connectivity index (χ0n) is 18.4. The number of rotatable bonds is 8. The van der Waals surface area contributed by atoms with E-state index in [1.54, 1.807) is 14.2 Å². The van der Waals surface area contributed by atoms with Crippen molar-refractivity contribution in [2.24, 2.45) is 0 Å². The Hall–Kier alpha value is -2.54. The third kappa shape index (κ3) is 5.82. The summed E-state index contributed by atoms with van der Waals surface area (Å²) >= 11 is 7.61. The van der Waals surface area contributed by atoms with E-state index in [1.807, 2.05) is 30.3 Å². The first-order valence-corrected chi connectivity index (χ1v) is 11.8. The van der Waals surface area contributed by atoms with Crippen molar-refractivity contribution in [1.82, 2.24) is 4.90 Å². The first-order chi connectivity index (χ1) is 15.6. The van der Waals surface area contributed by atoms with Crippen LogP contribution in [0.25, 0.3) is 0 Å². The van der Waals surface area contributed by atoms with Crippen LogP contribution in [0.15, 0.2) is 71.6 Å². The van der Waals surface area contributed by atoms with Crippen LogP contribution in [0.3, 0.4) is 0 Å². The van der Waals surface area contributed by atoms with Crippen molar-refractivity contribution >= 4 is 34.9 Å². The van der Waals surface area contributed by atoms with Crippen LogP contribution in [0.2, 0.25) is 5.02 Å². The highest BCUT2D eigenvalue weighted by molar-refractivity contribution is 8.00. The van der Waals surface area contributed by atoms with Gasteiger partial charge in [-0.15, -0.1) is 0 Å². The molecule has 0 atom stereocenters. The molecule has 1 heterocycles. The molecule has 168 valence electrons. The predicted molar refractivity (Wildman–Crippen MR) is 134 cm³/mol. The quantitative estimate of drug-likeness (QED) is 0.420. The minimum absolute atomic E-state index is 0.692. The number of piperazine rings is 1. The average Bonchev–Trinajstić information content (AvgIpc) is 2.84. The fraction of sp³-hybridized carbons (Fsp3) is 0.280. The van der Waals surface area contributed by atoms with E-state index in [0.717, 1.165) is 54.8 Å². The molecule has 32 heavy (non-hydrogen) atoms. The number of halogens is 1. The zero-order chi connectivity index (χ0) is 22.3. The second-order valence-electron chi connectivity index (χ2n) is 7.66. The Morgan fingerprint density at radius 1 is 0.875 bits per heavy atom. The molecular weight excluding hydrogens is 442 g/mol. The molecule has 0 spiro atoms. The Bertz CT molecular complexity index is 1010. The maximum absolute atomic E-state index is 6.12. The van der Waals surface area contributed by atoms with Gasteiger partial charge in [0.15, 0.2) is 0 Å². The minimum atomic E-state index is 0.692. The summed E-state index contributed by atoms with van der Waals surface area (Å²) in [5.74, 6) is 1.70. The number of ether oxygens (including phenoxy) is 2. The summed E-state index contributed by atoms with van der Waals surface area (Å²) in [6, 6.07) is 22.5. The lowest BCUT2D eigenvalue weighted by Gasteiger charge is -2.36. The van der Waals surface area contributed by atoms with Crippen molar-refractivity contribution in [1.29, 1.82) is 0 Å². The molecule has 0 radical (unpaired) electrons. The van der Waals surface area contributed by atoms with E-state index in [2.05, 4.69) is 50.9 Å². The summed E-state index contributed by atoms with van der Waals surface area (Å²) in [5.41, 5.74) is 3.62. The molecule has 0 aliphatic carbocycles. The first kappa shape index (κ1) is 22.6. The fourth-order valence-electron chi connectivity index (χ4n) is 3.74. The number of benzene rings is 3. The van der Waals surface area contributed by atoms with Crippen molar-refractivity contribution in [2.75, 3.05) is 50.0 Å². The highest BCUT2D eigenvalue weighted by Crippen LogP contribution is 2.32. The topological polar surface area (TPSA) is 37.0 Å². The van der Waals surface area contributed by atoms with Gasteiger partial charge in [0.05, 0.1) is 19.1 Å². The Morgan fingerprint density at radius 2 is 1.59 bits per heavy atom. The molecule has 1 saturated heterocycles. The van der Waals surface area contributed by atoms with Crippen molar-refractivity contribution in [2.45, 2.75) is 11.4 Å². The van der Waals surface area contributed by atoms with Crippen LogP contribution in [-0.2, 0) is 6.54 Å². The van der Waals surface area contributed by atoms with Gasteiger partial charge in [0, 0.05) is 49.1 Å². The van der Waals surface area contributed by atoms with Gasteiger partial charge in [-0.2, -0.15) is 0 Å². The number of anilines is 2. The second kappa shape index (κ2) is 10.9. The van der Waals surface area contributed by atoms with E-state index in [9.17, 15) is 0 Å². The number of hydrogen-bond acceptors (Lipinski definition) is 6. The fourth-order valence-corrected chi connectivity index (χ4v) is 4.78. The second-order valence-corrected chi connectivity index (χ2v) is 8.94. The van der Waals surface area contributed by atoms with Gasteiger partial charge in [0.1, 0.15) is 11.5 Å². The molecule has 1 N–H and O–H groups in total. The van der Waals surface area contributed by atoms with Crippen LogP contribution in [0.1, 0.15) is 5.56 Å². The van der Waals surface area contributed by atoms with E-state index in [4.69, 9.17) is 21.1 Å². The van der Waals surface area contributed by atoms with Gasteiger partial charge < -0.3 is 19.1 Å². The maximum atomic E-state index is 6.12. The molecule has 0 bridgehead atoms. The standard InChI is InChI=1S/C25H28ClN3O2S/c1-30-23-10-8-22(9-11-23)29-15-13-28(14-16-29)18-19-3-6-21(7-4-19)27-32-25-17-20(26)5-12-24(25)31-2/h3-12,17,27H,13-16,18H2,1-2H3. The van der Waals surface area contributed by atoms with Gasteiger partial charge in [-0.25, -0.2) is 0 Å². The minimum Gasteiger partial charge on any atom is -0.497 e. The van der Waals surface area contributed by atoms with Crippen LogP contribution in [0.4, 0.5) is 11.4 Å². The molecule has 7 heteroatoms. The van der Waals surface area contributed by atoms with Gasteiger partial charge in [-0.3, -0.25) is 4.90 Å². The molecule has 0 amide bonds. The molecule has 1 aliphatic rings. The van der Waals surface area contributed by atoms with Gasteiger partial charge >= 0.3 is 0 Å². The number of nitrogens with zero attached hydrogens (tertiary/aromatic N) is 2. The van der Waals surface area contributed by atoms with E-state index in [0.29, 0.717) is 5.02 Å². The van der Waals surface area contributed by atoms with Crippen molar-refractivity contribution < 1.29 is 9.47 Å². The van der Waals surface area contributed by atoms with Crippen molar-refractivity contribution in [3.8, 4) is 11.5 Å². The van der Waals surface area contributed by atoms with Crippen LogP contribution in [0, 0.1) is 0 Å². The summed E-state index contributed by atoms with van der Waals surface area (Å²) in [6.45, 7) is 5.13. The first-order valence-electron chi connectivity index (χ1n) is 10.6. The zero-order valence-corrected chi connectivity index (χ0v) is 20.0. The van der Waals surface area contributed by atoms with Crippen LogP contribution < -0.4 is 19.1 Å². The Labute approximate surface area is 199 Å². The summed E-state index contributed by atoms with van der Waals surface area (Å²) in [5, 5.41) is 0.692. The normalized spacial score (nSPS) is 14.3. The van der Waals surface area contributed by atoms with Crippen LogP contribution in [-0.4, -0.2) is 45.3 Å². The van der Waals surface area contributed by atoms with Crippen LogP contribution in [0.5, 0.6) is 11.5 Å². The summed E-state index contributed by atoms with van der Waals surface area (Å²) in [4.78, 5) is 5.90. The van der Waals surface area contributed by atoms with E-state index >= 15 is 0 Å². The van der Waals surface area contributed by atoms with Gasteiger partial charge in [-0.05, 0) is 72.1 Å². The lowest BCUT2D eigenvalue weighted by molar-refractivity contribution is 0.250. The highest BCUT2D eigenvalue weighted by Gasteiger charge is 2.17. The molecule has 3 aromatic rings. The van der Waals surface area contributed by atoms with E-state index in [1.165, 1.54) is 23.2 Å². The van der Waals surface area contributed by atoms with Crippen molar-refractivity contribution in [3.63, 3.8) is 0 Å². The number of methoxy groups -OCH3 is 2. The third-order valence-electron chi connectivity index (χ3n) is 5.57. The molecule has 1 aliphatic heterocycles. The van der Waals surface area contributed by atoms with Gasteiger partial charge in [0.25, 0.3) is 0 Å². The number of hydrogen-bond donors (Lipinski definition) is 1. The Balaban J connectivity index is 1.26. The van der Waals surface area contributed by atoms with Crippen molar-refractivity contribution in [3.05, 3.63) is 77.3 Å². The lowest BCUT2D eigenvalue weighted by Crippen LogP contribution is -2.45. The molecule has 0 unspecified atom stereocenters. The van der Waals surface area contributed by atoms with Gasteiger partial charge in [0.2, 0.25) is 0 Å². The molecular formula is C25H28ClN3O2S. The summed E-state index contributed by atoms with van der Waals surface area (Å²) in [6.07, 6.45) is 0. The molecule has 5 nitrogen and oxygen atoms in total. The van der Waals surface area contributed by atoms with E-state index < -0.39 is 0 Å². The monoisotopic (exact) mass is 469 g/mol. The third-order valence-corrected chi connectivity index (χ3v) is 6.69. The molecule has 3 aromatic carbocycles. The SMILES string of the molecule is COc1ccc(N2CCN(Cc3ccc(NSc4cc(Cl)ccc4OC)cc3)CC2)cc1. The molecule has 1 fully saturated rings. The van der Waals surface area contributed by atoms with E-state index in [-0.39, 0.29) is 0 Å². The van der Waals surface area contributed by atoms with Gasteiger partial charge in [-0.1, -0.05) is 23.7 Å². The smallest absolute Gasteiger partial charge is 0.134 e. The molecule has 4 rings (SSSR count). The maximum Gasteiger partial charge on any atom is 0.134 e. The summed E-state index contributed by atoms with van der Waals surface area (Å²) in [7, 11) is 3.37. The number of nitrogens with one attached hydrogen (secondary N) is 1. The highest BCUT2D eigenvalue weighted by atomic mass is 35.5. The lowest BCUT2D eigenvalue weighted by atomic mass is 10.1. The van der Waals surface area contributed by atoms with Crippen LogP contribution >= 0.6 is 23.5 Å². The Kier molecular flexibility index (Phi) is 7.68. The summed E-state index contributed by atoms with van der Waals surface area (Å²) < 4.78 is 14.0. The Morgan fingerprint density at radius 3 is 2.25 bits per heavy atom. The molecule has 0 aromatic heterocycles. The predicted octanol–water partition coefficient (Wildman–Crippen LogP) is 5.80.